The third-order valence-corrected chi connectivity index (χ3v) is 5.38. The average molecular weight is 314 g/mol. The van der Waals surface area contributed by atoms with Crippen molar-refractivity contribution >= 4 is 34.4 Å². The van der Waals surface area contributed by atoms with Crippen LogP contribution in [-0.2, 0) is 4.57 Å². The standard InChI is InChI=1S/C18H19O3P/c1-3-12(2)18-16-9-8-13-6-4-5-7-14(13)15(16)10-11-17(18)22(19,20)21/h4-12H,3H2,1-2H3,(H2,19,20,21). The molecule has 0 saturated heterocycles. The van der Waals surface area contributed by atoms with Gasteiger partial charge in [0.05, 0.1) is 5.30 Å². The summed E-state index contributed by atoms with van der Waals surface area (Å²) < 4.78 is 11.9. The lowest BCUT2D eigenvalue weighted by molar-refractivity contribution is 0.387. The quantitative estimate of drug-likeness (QED) is 0.559. The van der Waals surface area contributed by atoms with E-state index in [0.717, 1.165) is 33.5 Å². The summed E-state index contributed by atoms with van der Waals surface area (Å²) in [7, 11) is -4.29. The largest absolute Gasteiger partial charge is 0.356 e. The molecule has 4 heteroatoms. The summed E-state index contributed by atoms with van der Waals surface area (Å²) in [6.45, 7) is 4.05. The van der Waals surface area contributed by atoms with Gasteiger partial charge in [-0.05, 0) is 45.5 Å². The van der Waals surface area contributed by atoms with Crippen molar-refractivity contribution in [1.82, 2.24) is 0 Å². The Labute approximate surface area is 129 Å². The van der Waals surface area contributed by atoms with Crippen molar-refractivity contribution in [2.75, 3.05) is 0 Å². The number of hydrogen-bond donors (Lipinski definition) is 2. The zero-order valence-corrected chi connectivity index (χ0v) is 13.5. The smallest absolute Gasteiger partial charge is 0.321 e. The Bertz CT molecular complexity index is 895. The molecule has 0 bridgehead atoms. The van der Waals surface area contributed by atoms with E-state index in [9.17, 15) is 14.4 Å². The van der Waals surface area contributed by atoms with Crippen LogP contribution in [0.15, 0.2) is 48.5 Å². The zero-order valence-electron chi connectivity index (χ0n) is 12.7. The Morgan fingerprint density at radius 3 is 2.32 bits per heavy atom. The first kappa shape index (κ1) is 15.2. The molecule has 1 atom stereocenters. The van der Waals surface area contributed by atoms with Crippen LogP contribution in [0.5, 0.6) is 0 Å². The van der Waals surface area contributed by atoms with Crippen molar-refractivity contribution < 1.29 is 14.4 Å². The van der Waals surface area contributed by atoms with Gasteiger partial charge in [-0.15, -0.1) is 0 Å². The highest BCUT2D eigenvalue weighted by Gasteiger charge is 2.25. The molecule has 3 aromatic carbocycles. The van der Waals surface area contributed by atoms with Gasteiger partial charge >= 0.3 is 7.60 Å². The normalized spacial score (nSPS) is 13.6. The first-order valence-corrected chi connectivity index (χ1v) is 9.05. The van der Waals surface area contributed by atoms with Crippen LogP contribution in [0, 0.1) is 0 Å². The maximum absolute atomic E-state index is 11.9. The molecule has 0 aliphatic carbocycles. The summed E-state index contributed by atoms with van der Waals surface area (Å²) in [5.41, 5.74) is 0.777. The molecule has 0 radical (unpaired) electrons. The molecule has 3 rings (SSSR count). The maximum Gasteiger partial charge on any atom is 0.356 e. The van der Waals surface area contributed by atoms with Gasteiger partial charge in [0.15, 0.2) is 0 Å². The number of hydrogen-bond acceptors (Lipinski definition) is 1. The monoisotopic (exact) mass is 314 g/mol. The minimum absolute atomic E-state index is 0.0903. The lowest BCUT2D eigenvalue weighted by Crippen LogP contribution is -2.14. The van der Waals surface area contributed by atoms with E-state index in [1.807, 2.05) is 44.2 Å². The Balaban J connectivity index is 2.47. The second-order valence-corrected chi connectivity index (χ2v) is 7.30. The lowest BCUT2D eigenvalue weighted by Gasteiger charge is -2.19. The molecule has 0 fully saturated rings. The van der Waals surface area contributed by atoms with Crippen LogP contribution in [0.2, 0.25) is 0 Å². The maximum atomic E-state index is 11.9. The Hall–Kier alpha value is -1.67. The molecule has 2 N–H and O–H groups in total. The number of rotatable bonds is 3. The minimum atomic E-state index is -4.29. The van der Waals surface area contributed by atoms with Gasteiger partial charge in [-0.25, -0.2) is 0 Å². The molecule has 0 spiro atoms. The molecule has 0 aliphatic heterocycles. The highest BCUT2D eigenvalue weighted by Crippen LogP contribution is 2.41. The fourth-order valence-corrected chi connectivity index (χ4v) is 4.00. The molecule has 0 amide bonds. The highest BCUT2D eigenvalue weighted by atomic mass is 31.2. The molecule has 3 nitrogen and oxygen atoms in total. The van der Waals surface area contributed by atoms with Crippen LogP contribution >= 0.6 is 7.60 Å². The second-order valence-electron chi connectivity index (χ2n) is 5.73. The van der Waals surface area contributed by atoms with E-state index >= 15 is 0 Å². The molecule has 114 valence electrons. The molecular formula is C18H19O3P. The van der Waals surface area contributed by atoms with E-state index in [1.165, 1.54) is 0 Å². The molecule has 3 aromatic rings. The molecular weight excluding hydrogens is 295 g/mol. The van der Waals surface area contributed by atoms with Gasteiger partial charge in [-0.3, -0.25) is 4.57 Å². The van der Waals surface area contributed by atoms with Crippen molar-refractivity contribution in [2.45, 2.75) is 26.2 Å². The van der Waals surface area contributed by atoms with Crippen LogP contribution in [0.3, 0.4) is 0 Å². The number of benzene rings is 3. The van der Waals surface area contributed by atoms with Gasteiger partial charge in [0.2, 0.25) is 0 Å². The van der Waals surface area contributed by atoms with Crippen LogP contribution in [-0.4, -0.2) is 9.79 Å². The lowest BCUT2D eigenvalue weighted by atomic mass is 9.91. The van der Waals surface area contributed by atoms with E-state index in [4.69, 9.17) is 0 Å². The molecule has 0 aliphatic rings. The van der Waals surface area contributed by atoms with E-state index in [-0.39, 0.29) is 11.2 Å². The van der Waals surface area contributed by atoms with Gasteiger partial charge in [0, 0.05) is 0 Å². The van der Waals surface area contributed by atoms with Crippen molar-refractivity contribution in [2.24, 2.45) is 0 Å². The minimum Gasteiger partial charge on any atom is -0.321 e. The van der Waals surface area contributed by atoms with Crippen LogP contribution in [0.1, 0.15) is 31.7 Å². The average Bonchev–Trinajstić information content (AvgIpc) is 2.51. The molecule has 0 heterocycles. The first-order chi connectivity index (χ1) is 10.4. The zero-order chi connectivity index (χ0) is 15.9. The van der Waals surface area contributed by atoms with E-state index < -0.39 is 7.60 Å². The van der Waals surface area contributed by atoms with Gasteiger partial charge < -0.3 is 9.79 Å². The Morgan fingerprint density at radius 2 is 1.64 bits per heavy atom. The number of fused-ring (bicyclic) bond motifs is 3. The van der Waals surface area contributed by atoms with Crippen molar-refractivity contribution in [1.29, 1.82) is 0 Å². The predicted octanol–water partition coefficient (Wildman–Crippen LogP) is 4.31. The van der Waals surface area contributed by atoms with E-state index in [0.29, 0.717) is 0 Å². The van der Waals surface area contributed by atoms with Gasteiger partial charge in [-0.2, -0.15) is 0 Å². The first-order valence-electron chi connectivity index (χ1n) is 7.44. The van der Waals surface area contributed by atoms with Crippen LogP contribution in [0.25, 0.3) is 21.5 Å². The van der Waals surface area contributed by atoms with Gasteiger partial charge in [-0.1, -0.05) is 56.3 Å². The summed E-state index contributed by atoms with van der Waals surface area (Å²) in [6, 6.07) is 15.5. The van der Waals surface area contributed by atoms with E-state index in [2.05, 4.69) is 12.1 Å². The van der Waals surface area contributed by atoms with Crippen molar-refractivity contribution in [3.05, 3.63) is 54.1 Å². The topological polar surface area (TPSA) is 57.5 Å². The fourth-order valence-electron chi connectivity index (χ4n) is 3.08. The summed E-state index contributed by atoms with van der Waals surface area (Å²) in [4.78, 5) is 19.4. The molecule has 1 unspecified atom stereocenters. The van der Waals surface area contributed by atoms with Crippen LogP contribution in [0.4, 0.5) is 0 Å². The summed E-state index contributed by atoms with van der Waals surface area (Å²) in [5, 5.41) is 4.39. The molecule has 0 aromatic heterocycles. The third-order valence-electron chi connectivity index (χ3n) is 4.36. The summed E-state index contributed by atoms with van der Waals surface area (Å²) in [5.74, 6) is 0.0903. The fraction of sp³-hybridized carbons (Fsp3) is 0.222. The summed E-state index contributed by atoms with van der Waals surface area (Å²) >= 11 is 0. The van der Waals surface area contributed by atoms with Gasteiger partial charge in [0.25, 0.3) is 0 Å². The summed E-state index contributed by atoms with van der Waals surface area (Å²) in [6.07, 6.45) is 0.832. The SMILES string of the molecule is CCC(C)c1c(P(=O)(O)O)ccc2c1ccc1ccccc12. The van der Waals surface area contributed by atoms with Crippen molar-refractivity contribution in [3.63, 3.8) is 0 Å². The molecule has 22 heavy (non-hydrogen) atoms. The Kier molecular flexibility index (Phi) is 3.82. The van der Waals surface area contributed by atoms with Gasteiger partial charge in [0.1, 0.15) is 0 Å². The van der Waals surface area contributed by atoms with E-state index in [1.54, 1.807) is 6.07 Å². The Morgan fingerprint density at radius 1 is 0.955 bits per heavy atom. The third kappa shape index (κ3) is 2.46. The van der Waals surface area contributed by atoms with Crippen molar-refractivity contribution in [3.8, 4) is 0 Å². The van der Waals surface area contributed by atoms with Crippen LogP contribution < -0.4 is 5.30 Å². The molecule has 0 saturated carbocycles. The second kappa shape index (κ2) is 5.51. The highest BCUT2D eigenvalue weighted by molar-refractivity contribution is 7.60. The predicted molar refractivity (Wildman–Crippen MR) is 91.8 cm³/mol.